The molecule has 0 saturated carbocycles. The van der Waals surface area contributed by atoms with E-state index in [0.29, 0.717) is 5.69 Å². The van der Waals surface area contributed by atoms with Crippen LogP contribution in [0.15, 0.2) is 29.4 Å². The van der Waals surface area contributed by atoms with Crippen LogP contribution in [0.3, 0.4) is 0 Å². The first-order valence-corrected chi connectivity index (χ1v) is 5.12. The summed E-state index contributed by atoms with van der Waals surface area (Å²) in [6, 6.07) is 6.43. The number of hydrazone groups is 1. The van der Waals surface area contributed by atoms with Crippen molar-refractivity contribution < 1.29 is 17.9 Å². The maximum atomic E-state index is 11.9. The maximum Gasteiger partial charge on any atom is 0.573 e. The van der Waals surface area contributed by atoms with Crippen molar-refractivity contribution in [1.29, 1.82) is 5.26 Å². The van der Waals surface area contributed by atoms with Crippen molar-refractivity contribution in [2.24, 2.45) is 10.8 Å². The Morgan fingerprint density at radius 1 is 1.37 bits per heavy atom. The van der Waals surface area contributed by atoms with Gasteiger partial charge in [-0.15, -0.1) is 13.2 Å². The third-order valence-electron chi connectivity index (χ3n) is 1.72. The lowest BCUT2D eigenvalue weighted by atomic mass is 10.3. The minimum Gasteiger partial charge on any atom is -0.406 e. The highest BCUT2D eigenvalue weighted by Gasteiger charge is 2.30. The predicted octanol–water partition coefficient (Wildman–Crippen LogP) is 2.16. The molecule has 5 nitrogen and oxygen atoms in total. The Balaban J connectivity index is 2.73. The van der Waals surface area contributed by atoms with Gasteiger partial charge in [0, 0.05) is 0 Å². The molecule has 100 valence electrons. The zero-order valence-electron chi connectivity index (χ0n) is 9.23. The van der Waals surface area contributed by atoms with E-state index in [4.69, 9.17) is 11.0 Å². The fraction of sp³-hybridized carbons (Fsp3) is 0.100. The number of alkyl halides is 3. The van der Waals surface area contributed by atoms with Crippen molar-refractivity contribution in [3.8, 4) is 11.8 Å². The van der Waals surface area contributed by atoms with Crippen molar-refractivity contribution in [3.05, 3.63) is 24.3 Å². The largest absolute Gasteiger partial charge is 0.573 e. The highest BCUT2D eigenvalue weighted by Crippen LogP contribution is 2.23. The Morgan fingerprint density at radius 3 is 2.37 bits per heavy atom. The van der Waals surface area contributed by atoms with Crippen LogP contribution in [0.25, 0.3) is 0 Å². The van der Waals surface area contributed by atoms with Crippen LogP contribution in [0.2, 0.25) is 0 Å². The van der Waals surface area contributed by atoms with Crippen molar-refractivity contribution in [1.82, 2.24) is 0 Å². The first-order chi connectivity index (χ1) is 8.81. The molecule has 0 bridgehead atoms. The molecule has 1 aromatic rings. The third-order valence-corrected chi connectivity index (χ3v) is 1.92. The monoisotopic (exact) mass is 288 g/mol. The summed E-state index contributed by atoms with van der Waals surface area (Å²) in [4.78, 5) is -0.188. The summed E-state index contributed by atoms with van der Waals surface area (Å²) < 4.78 is 39.4. The molecule has 9 heteroatoms. The topological polar surface area (TPSA) is 83.4 Å². The number of nitrogens with zero attached hydrogens (tertiary/aromatic N) is 2. The normalized spacial score (nSPS) is 11.6. The number of anilines is 1. The average Bonchev–Trinajstić information content (AvgIpc) is 2.29. The molecule has 1 rings (SSSR count). The summed E-state index contributed by atoms with van der Waals surface area (Å²) in [5.74, 6) is -0.364. The van der Waals surface area contributed by atoms with E-state index in [1.807, 2.05) is 0 Å². The van der Waals surface area contributed by atoms with E-state index in [1.165, 1.54) is 12.1 Å². The number of ether oxygens (including phenoxy) is 1. The molecule has 0 aliphatic carbocycles. The lowest BCUT2D eigenvalue weighted by Crippen LogP contribution is -2.20. The molecule has 0 atom stereocenters. The molecule has 3 N–H and O–H groups in total. The molecule has 0 spiro atoms. The van der Waals surface area contributed by atoms with Crippen LogP contribution in [-0.4, -0.2) is 17.1 Å². The van der Waals surface area contributed by atoms with E-state index in [9.17, 15) is 13.2 Å². The predicted molar refractivity (Wildman–Crippen MR) is 66.6 cm³/mol. The number of thiocarbonyl (C=S) groups is 1. The van der Waals surface area contributed by atoms with Gasteiger partial charge < -0.3 is 10.5 Å². The first-order valence-electron chi connectivity index (χ1n) is 4.71. The van der Waals surface area contributed by atoms with Gasteiger partial charge >= 0.3 is 6.36 Å². The number of benzene rings is 1. The van der Waals surface area contributed by atoms with E-state index in [0.717, 1.165) is 12.1 Å². The van der Waals surface area contributed by atoms with Gasteiger partial charge in [0.1, 0.15) is 16.8 Å². The van der Waals surface area contributed by atoms with Gasteiger partial charge in [0.25, 0.3) is 0 Å². The van der Waals surface area contributed by atoms with Crippen LogP contribution in [0, 0.1) is 11.3 Å². The summed E-state index contributed by atoms with van der Waals surface area (Å²) in [5.41, 5.74) is 7.78. The number of hydrogen-bond donors (Lipinski definition) is 2. The van der Waals surface area contributed by atoms with Crippen molar-refractivity contribution in [2.75, 3.05) is 5.43 Å². The Morgan fingerprint density at radius 2 is 1.95 bits per heavy atom. The van der Waals surface area contributed by atoms with Gasteiger partial charge in [-0.1, -0.05) is 12.2 Å². The number of nitrogens with one attached hydrogen (secondary N) is 1. The molecular formula is C10H7F3N4OS. The number of nitrogens with two attached hydrogens (primary N) is 1. The molecule has 0 saturated heterocycles. The van der Waals surface area contributed by atoms with Gasteiger partial charge in [-0.2, -0.15) is 10.4 Å². The molecular weight excluding hydrogens is 281 g/mol. The van der Waals surface area contributed by atoms with Crippen molar-refractivity contribution in [3.63, 3.8) is 0 Å². The SMILES string of the molecule is N#C/C(=N/Nc1ccc(OC(F)(F)F)cc1)C(N)=S. The molecule has 0 heterocycles. The lowest BCUT2D eigenvalue weighted by molar-refractivity contribution is -0.274. The standard InChI is InChI=1S/C10H7F3N4OS/c11-10(12,13)18-7-3-1-6(2-4-7)16-17-8(5-14)9(15)19/h1-4,16H,(H2,15,19)/b17-8-. The van der Waals surface area contributed by atoms with E-state index < -0.39 is 6.36 Å². The molecule has 0 aliphatic heterocycles. The van der Waals surface area contributed by atoms with E-state index >= 15 is 0 Å². The van der Waals surface area contributed by atoms with E-state index in [-0.39, 0.29) is 16.4 Å². The second kappa shape index (κ2) is 6.01. The van der Waals surface area contributed by atoms with Crippen LogP contribution < -0.4 is 15.9 Å². The van der Waals surface area contributed by atoms with Crippen LogP contribution in [-0.2, 0) is 0 Å². The van der Waals surface area contributed by atoms with Crippen LogP contribution in [0.1, 0.15) is 0 Å². The third kappa shape index (κ3) is 5.22. The lowest BCUT2D eigenvalue weighted by Gasteiger charge is -2.09. The fourth-order valence-electron chi connectivity index (χ4n) is 0.987. The fourth-order valence-corrected chi connectivity index (χ4v) is 1.08. The number of hydrogen-bond acceptors (Lipinski definition) is 5. The molecule has 0 unspecified atom stereocenters. The van der Waals surface area contributed by atoms with Gasteiger partial charge in [0.05, 0.1) is 5.69 Å². The smallest absolute Gasteiger partial charge is 0.406 e. The van der Waals surface area contributed by atoms with Crippen molar-refractivity contribution in [2.45, 2.75) is 6.36 Å². The Hall–Kier alpha value is -2.34. The van der Waals surface area contributed by atoms with Crippen molar-refractivity contribution >= 4 is 28.6 Å². The van der Waals surface area contributed by atoms with Gasteiger partial charge in [0.15, 0.2) is 5.71 Å². The minimum atomic E-state index is -4.74. The number of halogens is 3. The zero-order chi connectivity index (χ0) is 14.5. The highest BCUT2D eigenvalue weighted by atomic mass is 32.1. The van der Waals surface area contributed by atoms with Crippen LogP contribution in [0.5, 0.6) is 5.75 Å². The second-order valence-electron chi connectivity index (χ2n) is 3.12. The van der Waals surface area contributed by atoms with Crippen LogP contribution >= 0.6 is 12.2 Å². The second-order valence-corrected chi connectivity index (χ2v) is 3.56. The molecule has 1 aromatic carbocycles. The molecule has 0 aliphatic rings. The minimum absolute atomic E-state index is 0.188. The van der Waals surface area contributed by atoms with Crippen LogP contribution in [0.4, 0.5) is 18.9 Å². The molecule has 0 amide bonds. The maximum absolute atomic E-state index is 11.9. The Bertz CT molecular complexity index is 533. The number of nitriles is 1. The summed E-state index contributed by atoms with van der Waals surface area (Å²) in [6.07, 6.45) is -4.74. The van der Waals surface area contributed by atoms with Gasteiger partial charge in [-0.05, 0) is 24.3 Å². The highest BCUT2D eigenvalue weighted by molar-refractivity contribution is 7.82. The Kier molecular flexibility index (Phi) is 4.66. The summed E-state index contributed by atoms with van der Waals surface area (Å²) >= 11 is 4.55. The van der Waals surface area contributed by atoms with Gasteiger partial charge in [-0.25, -0.2) is 0 Å². The quantitative estimate of drug-likeness (QED) is 0.504. The summed E-state index contributed by atoms with van der Waals surface area (Å²) in [7, 11) is 0. The first kappa shape index (κ1) is 14.7. The molecule has 0 fully saturated rings. The Labute approximate surface area is 111 Å². The zero-order valence-corrected chi connectivity index (χ0v) is 10.0. The molecule has 0 aromatic heterocycles. The van der Waals surface area contributed by atoms with E-state index in [1.54, 1.807) is 6.07 Å². The van der Waals surface area contributed by atoms with Gasteiger partial charge in [-0.3, -0.25) is 5.43 Å². The summed E-state index contributed by atoms with van der Waals surface area (Å²) in [6.45, 7) is 0. The van der Waals surface area contributed by atoms with Gasteiger partial charge in [0.2, 0.25) is 0 Å². The molecule has 19 heavy (non-hydrogen) atoms. The summed E-state index contributed by atoms with van der Waals surface area (Å²) in [5, 5.41) is 12.2. The van der Waals surface area contributed by atoms with E-state index in [2.05, 4.69) is 27.5 Å². The molecule has 0 radical (unpaired) electrons. The number of rotatable bonds is 4. The average molecular weight is 288 g/mol.